The van der Waals surface area contributed by atoms with Crippen LogP contribution < -0.4 is 4.90 Å². The van der Waals surface area contributed by atoms with E-state index in [4.69, 9.17) is 9.57 Å². The van der Waals surface area contributed by atoms with Gasteiger partial charge in [-0.2, -0.15) is 0 Å². The molecule has 1 saturated heterocycles. The van der Waals surface area contributed by atoms with Gasteiger partial charge in [-0.3, -0.25) is 20.2 Å². The van der Waals surface area contributed by atoms with E-state index in [2.05, 4.69) is 5.16 Å². The van der Waals surface area contributed by atoms with E-state index in [0.29, 0.717) is 43.1 Å². The fourth-order valence-electron chi connectivity index (χ4n) is 2.81. The van der Waals surface area contributed by atoms with E-state index >= 15 is 0 Å². The molecule has 1 aliphatic rings. The van der Waals surface area contributed by atoms with Gasteiger partial charge in [-0.25, -0.2) is 0 Å². The first-order chi connectivity index (χ1) is 13.5. The van der Waals surface area contributed by atoms with Gasteiger partial charge in [-0.05, 0) is 11.6 Å². The zero-order valence-corrected chi connectivity index (χ0v) is 14.9. The van der Waals surface area contributed by atoms with Gasteiger partial charge in [0.2, 0.25) is 0 Å². The van der Waals surface area contributed by atoms with E-state index in [-0.39, 0.29) is 18.0 Å². The van der Waals surface area contributed by atoms with Gasteiger partial charge in [-0.15, -0.1) is 0 Å². The van der Waals surface area contributed by atoms with E-state index in [1.165, 1.54) is 24.4 Å². The van der Waals surface area contributed by atoms with E-state index < -0.39 is 9.85 Å². The van der Waals surface area contributed by atoms with Gasteiger partial charge in [0.15, 0.2) is 0 Å². The van der Waals surface area contributed by atoms with Gasteiger partial charge >= 0.3 is 0 Å². The fraction of sp³-hybridized carbons (Fsp3) is 0.278. The average Bonchev–Trinajstić information content (AvgIpc) is 2.72. The number of nitro groups is 2. The van der Waals surface area contributed by atoms with Crippen LogP contribution in [0.2, 0.25) is 0 Å². The monoisotopic (exact) mass is 386 g/mol. The molecule has 0 spiro atoms. The highest BCUT2D eigenvalue weighted by Crippen LogP contribution is 2.29. The SMILES string of the molecule is O=[N+]([O-])c1cccc(CO/N=C\c2ccc(N3CCOCC3)c([N+](=O)[O-])c2)c1. The van der Waals surface area contributed by atoms with Crippen LogP contribution in [0.15, 0.2) is 47.6 Å². The zero-order valence-electron chi connectivity index (χ0n) is 14.9. The molecule has 146 valence electrons. The third kappa shape index (κ3) is 4.80. The lowest BCUT2D eigenvalue weighted by molar-refractivity contribution is -0.385. The summed E-state index contributed by atoms with van der Waals surface area (Å²) in [4.78, 5) is 28.4. The van der Waals surface area contributed by atoms with Gasteiger partial charge in [0.05, 0.1) is 29.3 Å². The van der Waals surface area contributed by atoms with Gasteiger partial charge in [0.25, 0.3) is 11.4 Å². The number of oxime groups is 1. The first kappa shape index (κ1) is 19.2. The van der Waals surface area contributed by atoms with Crippen molar-refractivity contribution in [3.8, 4) is 0 Å². The molecular weight excluding hydrogens is 368 g/mol. The molecule has 0 unspecified atom stereocenters. The molecule has 0 aromatic heterocycles. The van der Waals surface area contributed by atoms with Crippen molar-refractivity contribution < 1.29 is 19.4 Å². The molecule has 0 bridgehead atoms. The van der Waals surface area contributed by atoms with E-state index in [9.17, 15) is 20.2 Å². The van der Waals surface area contributed by atoms with Crippen LogP contribution in [0.5, 0.6) is 0 Å². The van der Waals surface area contributed by atoms with Gasteiger partial charge in [0.1, 0.15) is 12.3 Å². The minimum absolute atomic E-state index is 0.00969. The molecule has 2 aromatic carbocycles. The summed E-state index contributed by atoms with van der Waals surface area (Å²) in [6.07, 6.45) is 1.37. The molecule has 3 rings (SSSR count). The van der Waals surface area contributed by atoms with Crippen LogP contribution in [0, 0.1) is 20.2 Å². The first-order valence-electron chi connectivity index (χ1n) is 8.54. The van der Waals surface area contributed by atoms with Crippen LogP contribution in [-0.2, 0) is 16.2 Å². The van der Waals surface area contributed by atoms with Crippen molar-refractivity contribution in [3.05, 3.63) is 73.8 Å². The van der Waals surface area contributed by atoms with Crippen LogP contribution in [0.1, 0.15) is 11.1 Å². The van der Waals surface area contributed by atoms with Crippen molar-refractivity contribution in [3.63, 3.8) is 0 Å². The summed E-state index contributed by atoms with van der Waals surface area (Å²) in [5.74, 6) is 0. The minimum atomic E-state index is -0.484. The number of morpholine rings is 1. The molecule has 1 fully saturated rings. The van der Waals surface area contributed by atoms with Crippen molar-refractivity contribution in [2.75, 3.05) is 31.2 Å². The Kier molecular flexibility index (Phi) is 6.12. The Bertz CT molecular complexity index is 895. The van der Waals surface area contributed by atoms with Crippen LogP contribution in [0.4, 0.5) is 17.1 Å². The number of hydrogen-bond acceptors (Lipinski definition) is 8. The normalized spacial score (nSPS) is 14.2. The summed E-state index contributed by atoms with van der Waals surface area (Å²) in [6, 6.07) is 10.9. The molecule has 0 saturated carbocycles. The number of benzene rings is 2. The number of nitrogens with zero attached hydrogens (tertiary/aromatic N) is 4. The van der Waals surface area contributed by atoms with Crippen LogP contribution in [0.3, 0.4) is 0 Å². The molecule has 10 heteroatoms. The number of rotatable bonds is 7. The average molecular weight is 386 g/mol. The Balaban J connectivity index is 1.66. The largest absolute Gasteiger partial charge is 0.391 e. The first-order valence-corrected chi connectivity index (χ1v) is 8.54. The molecule has 1 heterocycles. The number of nitro benzene ring substituents is 2. The molecular formula is C18H18N4O6. The fourth-order valence-corrected chi connectivity index (χ4v) is 2.81. The van der Waals surface area contributed by atoms with Crippen LogP contribution >= 0.6 is 0 Å². The Morgan fingerprint density at radius 2 is 1.89 bits per heavy atom. The van der Waals surface area contributed by atoms with Crippen molar-refractivity contribution in [2.45, 2.75) is 6.61 Å². The van der Waals surface area contributed by atoms with Crippen molar-refractivity contribution in [1.82, 2.24) is 0 Å². The summed E-state index contributed by atoms with van der Waals surface area (Å²) in [7, 11) is 0. The second-order valence-electron chi connectivity index (χ2n) is 6.04. The maximum atomic E-state index is 11.4. The minimum Gasteiger partial charge on any atom is -0.391 e. The third-order valence-electron chi connectivity index (χ3n) is 4.18. The molecule has 2 aromatic rings. The number of hydrogen-bond donors (Lipinski definition) is 0. The lowest BCUT2D eigenvalue weighted by Gasteiger charge is -2.28. The molecule has 0 N–H and O–H groups in total. The maximum Gasteiger partial charge on any atom is 0.293 e. The lowest BCUT2D eigenvalue weighted by atomic mass is 10.1. The quantitative estimate of drug-likeness (QED) is 0.407. The van der Waals surface area contributed by atoms with Gasteiger partial charge in [-0.1, -0.05) is 23.4 Å². The topological polar surface area (TPSA) is 120 Å². The molecule has 10 nitrogen and oxygen atoms in total. The molecule has 0 atom stereocenters. The molecule has 0 amide bonds. The number of non-ortho nitro benzene ring substituents is 1. The van der Waals surface area contributed by atoms with E-state index in [1.807, 2.05) is 4.90 Å². The van der Waals surface area contributed by atoms with Gasteiger partial charge in [0, 0.05) is 36.9 Å². The Hall–Kier alpha value is -3.53. The highest BCUT2D eigenvalue weighted by molar-refractivity contribution is 5.82. The van der Waals surface area contributed by atoms with E-state index in [0.717, 1.165) is 0 Å². The predicted octanol–water partition coefficient (Wildman–Crippen LogP) is 2.89. The zero-order chi connectivity index (χ0) is 19.9. The predicted molar refractivity (Wildman–Crippen MR) is 102 cm³/mol. The maximum absolute atomic E-state index is 11.4. The summed E-state index contributed by atoms with van der Waals surface area (Å²) >= 11 is 0. The van der Waals surface area contributed by atoms with Crippen molar-refractivity contribution >= 4 is 23.3 Å². The van der Waals surface area contributed by atoms with E-state index in [1.54, 1.807) is 24.3 Å². The number of ether oxygens (including phenoxy) is 1. The summed E-state index contributed by atoms with van der Waals surface area (Å²) < 4.78 is 5.28. The van der Waals surface area contributed by atoms with Crippen LogP contribution in [0.25, 0.3) is 0 Å². The Morgan fingerprint density at radius 3 is 2.61 bits per heavy atom. The summed E-state index contributed by atoms with van der Waals surface area (Å²) in [5.41, 5.74) is 1.62. The molecule has 28 heavy (non-hydrogen) atoms. The highest BCUT2D eigenvalue weighted by Gasteiger charge is 2.21. The Labute approximate surface area is 160 Å². The highest BCUT2D eigenvalue weighted by atomic mass is 16.6. The Morgan fingerprint density at radius 1 is 1.11 bits per heavy atom. The summed E-state index contributed by atoms with van der Waals surface area (Å²) in [6.45, 7) is 2.31. The molecule has 1 aliphatic heterocycles. The second kappa shape index (κ2) is 8.91. The third-order valence-corrected chi connectivity index (χ3v) is 4.18. The smallest absolute Gasteiger partial charge is 0.293 e. The van der Waals surface area contributed by atoms with Crippen molar-refractivity contribution in [2.24, 2.45) is 5.16 Å². The molecule has 0 aliphatic carbocycles. The lowest BCUT2D eigenvalue weighted by Crippen LogP contribution is -2.36. The standard InChI is InChI=1S/C18H18N4O6/c23-21(24)16-3-1-2-15(10-16)13-28-19-12-14-4-5-17(18(11-14)22(25)26)20-6-8-27-9-7-20/h1-5,10-12H,6-9,13H2/b19-12-. The molecule has 0 radical (unpaired) electrons. The van der Waals surface area contributed by atoms with Crippen molar-refractivity contribution in [1.29, 1.82) is 0 Å². The van der Waals surface area contributed by atoms with Crippen LogP contribution in [-0.4, -0.2) is 42.4 Å². The number of anilines is 1. The summed E-state index contributed by atoms with van der Waals surface area (Å²) in [5, 5.41) is 26.0. The van der Waals surface area contributed by atoms with Gasteiger partial charge < -0.3 is 14.5 Å². The second-order valence-corrected chi connectivity index (χ2v) is 6.04.